The summed E-state index contributed by atoms with van der Waals surface area (Å²) >= 11 is 18.7. The fourth-order valence-electron chi connectivity index (χ4n) is 5.89. The van der Waals surface area contributed by atoms with E-state index in [2.05, 4.69) is 17.6 Å². The van der Waals surface area contributed by atoms with Gasteiger partial charge < -0.3 is 15.5 Å². The van der Waals surface area contributed by atoms with E-state index in [9.17, 15) is 19.2 Å². The number of aliphatic imine (C=N–C) groups is 1. The zero-order chi connectivity index (χ0) is 32.9. The van der Waals surface area contributed by atoms with E-state index in [0.717, 1.165) is 0 Å². The molecule has 2 aromatic heterocycles. The zero-order valence-electron chi connectivity index (χ0n) is 24.5. The summed E-state index contributed by atoms with van der Waals surface area (Å²) in [7, 11) is 0. The average molecular weight is 675 g/mol. The predicted molar refractivity (Wildman–Crippen MR) is 174 cm³/mol. The van der Waals surface area contributed by atoms with Crippen molar-refractivity contribution < 1.29 is 13.6 Å². The van der Waals surface area contributed by atoms with E-state index >= 15 is 4.39 Å². The molecule has 0 saturated carbocycles. The second-order valence-corrected chi connectivity index (χ2v) is 12.3. The van der Waals surface area contributed by atoms with E-state index in [1.165, 1.54) is 16.7 Å². The van der Waals surface area contributed by atoms with Gasteiger partial charge in [0.2, 0.25) is 5.91 Å². The summed E-state index contributed by atoms with van der Waals surface area (Å²) in [6, 6.07) is 2.88. The summed E-state index contributed by atoms with van der Waals surface area (Å²) in [5.41, 5.74) is 5.14. The van der Waals surface area contributed by atoms with Gasteiger partial charge in [-0.2, -0.15) is 5.26 Å². The van der Waals surface area contributed by atoms with Crippen LogP contribution >= 0.6 is 34.8 Å². The number of nitrogens with two attached hydrogens (primary N) is 1. The number of benzene rings is 1. The number of rotatable bonds is 5. The van der Waals surface area contributed by atoms with Gasteiger partial charge in [-0.05, 0) is 18.1 Å². The van der Waals surface area contributed by atoms with Crippen LogP contribution in [0.25, 0.3) is 22.3 Å². The molecule has 45 heavy (non-hydrogen) atoms. The van der Waals surface area contributed by atoms with Crippen LogP contribution in [0.1, 0.15) is 32.4 Å². The lowest BCUT2D eigenvalue weighted by Crippen LogP contribution is -2.49. The molecule has 9 nitrogen and oxygen atoms in total. The Morgan fingerprint density at radius 1 is 1.18 bits per heavy atom. The van der Waals surface area contributed by atoms with Crippen LogP contribution in [0, 0.1) is 34.8 Å². The molecule has 5 rings (SSSR count). The predicted octanol–water partition coefficient (Wildman–Crippen LogP) is 6.39. The lowest BCUT2D eigenvalue weighted by atomic mass is 9.88. The van der Waals surface area contributed by atoms with E-state index in [-0.39, 0.29) is 58.4 Å². The van der Waals surface area contributed by atoms with Gasteiger partial charge in [0, 0.05) is 49.4 Å². The first-order valence-corrected chi connectivity index (χ1v) is 15.2. The minimum atomic E-state index is -1.23. The maximum Gasteiger partial charge on any atom is 0.272 e. The first kappa shape index (κ1) is 32.4. The molecule has 234 valence electrons. The van der Waals surface area contributed by atoms with E-state index in [4.69, 9.17) is 45.5 Å². The number of nitriles is 1. The third-order valence-corrected chi connectivity index (χ3v) is 9.12. The molecule has 2 atom stereocenters. The quantitative estimate of drug-likeness (QED) is 0.145. The number of hydrogen-bond donors (Lipinski definition) is 1. The third-order valence-electron chi connectivity index (χ3n) is 8.13. The molecule has 1 fully saturated rings. The standard InChI is InChI=1S/C31H28Cl3F2N7O2/c1-5-19(44)41-8-10-42(11-9-41)29-16-12-18(32)27(20-23(35)21(33)24(36)22(34)25(20)38)40-30(16)43(31(45)17(29)13-37)28-15(4)6-7-39-26(28)14(2)3/h5-7,12,14-15,28H,1,8-11,38H2,2-4H3/t15-,28-/m1/s1. The number of allylic oxidation sites excluding steroid dienone is 1. The highest BCUT2D eigenvalue weighted by Crippen LogP contribution is 2.44. The Labute approximate surface area is 272 Å². The summed E-state index contributed by atoms with van der Waals surface area (Å²) in [5, 5.41) is 9.10. The minimum absolute atomic E-state index is 0.0638. The number of aromatic nitrogens is 2. The Kier molecular flexibility index (Phi) is 8.95. The summed E-state index contributed by atoms with van der Waals surface area (Å²) in [4.78, 5) is 39.4. The molecule has 2 aliphatic heterocycles. The molecule has 1 saturated heterocycles. The van der Waals surface area contributed by atoms with Gasteiger partial charge in [-0.15, -0.1) is 0 Å². The van der Waals surface area contributed by atoms with Crippen LogP contribution in [0.15, 0.2) is 40.8 Å². The van der Waals surface area contributed by atoms with Crippen LogP contribution in [0.2, 0.25) is 15.1 Å². The molecule has 2 N–H and O–H groups in total. The molecule has 1 amide bonds. The number of amides is 1. The maximum atomic E-state index is 15.6. The fourth-order valence-corrected chi connectivity index (χ4v) is 6.56. The largest absolute Gasteiger partial charge is 0.397 e. The highest BCUT2D eigenvalue weighted by molar-refractivity contribution is 6.38. The molecule has 0 aliphatic carbocycles. The van der Waals surface area contributed by atoms with Crippen molar-refractivity contribution in [1.82, 2.24) is 14.5 Å². The highest BCUT2D eigenvalue weighted by atomic mass is 35.5. The Bertz CT molecular complexity index is 1900. The molecule has 0 unspecified atom stereocenters. The van der Waals surface area contributed by atoms with Crippen molar-refractivity contribution in [2.45, 2.75) is 26.8 Å². The topological polar surface area (TPSA) is 121 Å². The maximum absolute atomic E-state index is 15.6. The zero-order valence-corrected chi connectivity index (χ0v) is 26.8. The van der Waals surface area contributed by atoms with E-state index < -0.39 is 44.5 Å². The molecule has 4 heterocycles. The summed E-state index contributed by atoms with van der Waals surface area (Å²) in [6.45, 7) is 10.5. The van der Waals surface area contributed by atoms with Gasteiger partial charge in [0.05, 0.1) is 33.7 Å². The van der Waals surface area contributed by atoms with E-state index in [0.29, 0.717) is 24.2 Å². The van der Waals surface area contributed by atoms with Gasteiger partial charge in [-0.25, -0.2) is 13.8 Å². The number of hydrogen-bond acceptors (Lipinski definition) is 7. The molecule has 2 aliphatic rings. The number of piperazine rings is 1. The molecular formula is C31H28Cl3F2N7O2. The second-order valence-electron chi connectivity index (χ2n) is 11.1. The number of halogens is 5. The molecule has 0 radical (unpaired) electrons. The van der Waals surface area contributed by atoms with Crippen molar-refractivity contribution >= 4 is 68.8 Å². The molecule has 14 heteroatoms. The van der Waals surface area contributed by atoms with Crippen molar-refractivity contribution in [1.29, 1.82) is 5.26 Å². The van der Waals surface area contributed by atoms with Crippen molar-refractivity contribution in [3.8, 4) is 17.3 Å². The number of nitrogen functional groups attached to an aromatic ring is 1. The number of fused-ring (bicyclic) bond motifs is 1. The summed E-state index contributed by atoms with van der Waals surface area (Å²) in [5.74, 6) is -3.06. The average Bonchev–Trinajstić information content (AvgIpc) is 3.02. The van der Waals surface area contributed by atoms with Gasteiger partial charge in [0.15, 0.2) is 11.6 Å². The Hall–Kier alpha value is -3.98. The van der Waals surface area contributed by atoms with Crippen LogP contribution < -0.4 is 16.2 Å². The number of nitrogens with zero attached hydrogens (tertiary/aromatic N) is 6. The monoisotopic (exact) mass is 673 g/mol. The normalized spacial score (nSPS) is 18.4. The smallest absolute Gasteiger partial charge is 0.272 e. The highest BCUT2D eigenvalue weighted by Gasteiger charge is 2.35. The van der Waals surface area contributed by atoms with Crippen molar-refractivity contribution in [3.63, 3.8) is 0 Å². The summed E-state index contributed by atoms with van der Waals surface area (Å²) in [6.07, 6.45) is 4.73. The van der Waals surface area contributed by atoms with Crippen molar-refractivity contribution in [2.24, 2.45) is 16.8 Å². The SMILES string of the molecule is C=CC(=O)N1CCN(c2c(C#N)c(=O)n([C@H]3C(C(C)C)=NC=C[C@H]3C)c3nc(-c4c(N)c(Cl)c(F)c(Cl)c4F)c(Cl)cc23)CC1. The molecular weight excluding hydrogens is 647 g/mol. The fraction of sp³-hybridized carbons (Fsp3) is 0.323. The van der Waals surface area contributed by atoms with Gasteiger partial charge in [0.25, 0.3) is 5.56 Å². The second kappa shape index (κ2) is 12.4. The molecule has 0 spiro atoms. The van der Waals surface area contributed by atoms with Gasteiger partial charge in [-0.1, -0.05) is 68.2 Å². The van der Waals surface area contributed by atoms with Crippen LogP contribution in [-0.2, 0) is 4.79 Å². The number of pyridine rings is 2. The number of anilines is 2. The number of carbonyl (C=O) groups is 1. The minimum Gasteiger partial charge on any atom is -0.397 e. The van der Waals surface area contributed by atoms with Gasteiger partial charge in [-0.3, -0.25) is 19.1 Å². The van der Waals surface area contributed by atoms with Crippen LogP contribution in [-0.4, -0.2) is 52.2 Å². The number of carbonyl (C=O) groups excluding carboxylic acids is 1. The first-order chi connectivity index (χ1) is 21.3. The van der Waals surface area contributed by atoms with E-state index in [1.807, 2.05) is 31.7 Å². The summed E-state index contributed by atoms with van der Waals surface area (Å²) < 4.78 is 31.4. The van der Waals surface area contributed by atoms with E-state index in [1.54, 1.807) is 11.1 Å². The Morgan fingerprint density at radius 3 is 2.44 bits per heavy atom. The first-order valence-electron chi connectivity index (χ1n) is 14.0. The van der Waals surface area contributed by atoms with Crippen LogP contribution in [0.4, 0.5) is 20.2 Å². The van der Waals surface area contributed by atoms with Crippen molar-refractivity contribution in [3.05, 3.63) is 73.6 Å². The van der Waals surface area contributed by atoms with Crippen LogP contribution in [0.3, 0.4) is 0 Å². The molecule has 0 bridgehead atoms. The Balaban J connectivity index is 1.88. The Morgan fingerprint density at radius 2 is 1.84 bits per heavy atom. The lowest BCUT2D eigenvalue weighted by molar-refractivity contribution is -0.126. The molecule has 3 aromatic rings. The molecule has 1 aromatic carbocycles. The third kappa shape index (κ3) is 5.35. The van der Waals surface area contributed by atoms with Crippen molar-refractivity contribution in [2.75, 3.05) is 36.8 Å². The van der Waals surface area contributed by atoms with Gasteiger partial charge in [0.1, 0.15) is 27.3 Å². The van der Waals surface area contributed by atoms with Crippen LogP contribution in [0.5, 0.6) is 0 Å². The lowest BCUT2D eigenvalue weighted by Gasteiger charge is -2.37. The van der Waals surface area contributed by atoms with Gasteiger partial charge >= 0.3 is 0 Å².